The van der Waals surface area contributed by atoms with Gasteiger partial charge in [0.2, 0.25) is 0 Å². The van der Waals surface area contributed by atoms with E-state index in [0.717, 1.165) is 38.3 Å². The Hall–Kier alpha value is -1.36. The molecule has 0 atom stereocenters. The van der Waals surface area contributed by atoms with Gasteiger partial charge in [-0.25, -0.2) is 5.10 Å². The summed E-state index contributed by atoms with van der Waals surface area (Å²) in [6.07, 6.45) is 3.80. The van der Waals surface area contributed by atoms with Gasteiger partial charge >= 0.3 is 0 Å². The first-order chi connectivity index (χ1) is 7.34. The number of rotatable bonds is 3. The summed E-state index contributed by atoms with van der Waals surface area (Å²) in [5, 5.41) is 9.28. The van der Waals surface area contributed by atoms with Crippen LogP contribution in [0.1, 0.15) is 12.8 Å². The molecule has 0 amide bonds. The molecule has 1 aromatic heterocycles. The van der Waals surface area contributed by atoms with Crippen molar-refractivity contribution in [3.05, 3.63) is 22.6 Å². The van der Waals surface area contributed by atoms with Crippen molar-refractivity contribution >= 4 is 5.69 Å². The molecule has 0 saturated carbocycles. The molecule has 1 fully saturated rings. The lowest BCUT2D eigenvalue weighted by atomic mass is 10.0. The summed E-state index contributed by atoms with van der Waals surface area (Å²) >= 11 is 0. The van der Waals surface area contributed by atoms with Crippen molar-refractivity contribution in [1.29, 1.82) is 0 Å². The zero-order valence-electron chi connectivity index (χ0n) is 8.53. The predicted octanol–water partition coefficient (Wildman–Crippen LogP) is 0.608. The van der Waals surface area contributed by atoms with Gasteiger partial charge in [-0.05, 0) is 18.8 Å². The number of aromatic amines is 1. The lowest BCUT2D eigenvalue weighted by molar-refractivity contribution is 0.0699. The van der Waals surface area contributed by atoms with Gasteiger partial charge in [-0.1, -0.05) is 0 Å². The predicted molar refractivity (Wildman–Crippen MR) is 56.9 cm³/mol. The smallest absolute Gasteiger partial charge is 0.266 e. The Morgan fingerprint density at radius 1 is 1.53 bits per heavy atom. The molecule has 0 spiro atoms. The molecule has 1 saturated heterocycles. The lowest BCUT2D eigenvalue weighted by Gasteiger charge is -2.22. The second kappa shape index (κ2) is 4.93. The number of aromatic nitrogens is 2. The van der Waals surface area contributed by atoms with Gasteiger partial charge in [0, 0.05) is 25.8 Å². The van der Waals surface area contributed by atoms with Crippen LogP contribution in [0.15, 0.2) is 17.1 Å². The Labute approximate surface area is 87.8 Å². The zero-order valence-corrected chi connectivity index (χ0v) is 8.53. The standard InChI is InChI=1S/C10H15N3O2/c14-10-5-9(7-12-13-10)11-6-8-1-3-15-4-2-8/h5,7-8H,1-4,6H2,(H2,11,13,14). The van der Waals surface area contributed by atoms with Crippen molar-refractivity contribution in [3.63, 3.8) is 0 Å². The fourth-order valence-electron chi connectivity index (χ4n) is 1.69. The third kappa shape index (κ3) is 3.06. The first-order valence-electron chi connectivity index (χ1n) is 5.21. The molecule has 1 aliphatic heterocycles. The summed E-state index contributed by atoms with van der Waals surface area (Å²) in [4.78, 5) is 11.0. The van der Waals surface area contributed by atoms with Crippen molar-refractivity contribution in [2.45, 2.75) is 12.8 Å². The molecule has 5 nitrogen and oxygen atoms in total. The molecular formula is C10H15N3O2. The fraction of sp³-hybridized carbons (Fsp3) is 0.600. The zero-order chi connectivity index (χ0) is 10.5. The van der Waals surface area contributed by atoms with E-state index in [1.165, 1.54) is 6.07 Å². The molecular weight excluding hydrogens is 194 g/mol. The molecule has 2 rings (SSSR count). The Balaban J connectivity index is 1.84. The number of nitrogens with zero attached hydrogens (tertiary/aromatic N) is 1. The third-order valence-electron chi connectivity index (χ3n) is 2.60. The molecule has 0 aliphatic carbocycles. The molecule has 2 heterocycles. The summed E-state index contributed by atoms with van der Waals surface area (Å²) in [5.74, 6) is 0.637. The second-order valence-corrected chi connectivity index (χ2v) is 3.77. The van der Waals surface area contributed by atoms with E-state index in [-0.39, 0.29) is 5.56 Å². The van der Waals surface area contributed by atoms with Crippen LogP contribution in [0.25, 0.3) is 0 Å². The Kier molecular flexibility index (Phi) is 3.34. The van der Waals surface area contributed by atoms with E-state index in [0.29, 0.717) is 5.92 Å². The molecule has 82 valence electrons. The molecule has 5 heteroatoms. The van der Waals surface area contributed by atoms with E-state index in [1.54, 1.807) is 6.20 Å². The maximum absolute atomic E-state index is 11.0. The monoisotopic (exact) mass is 209 g/mol. The first-order valence-corrected chi connectivity index (χ1v) is 5.21. The van der Waals surface area contributed by atoms with E-state index in [2.05, 4.69) is 15.5 Å². The first kappa shape index (κ1) is 10.2. The molecule has 1 aliphatic rings. The van der Waals surface area contributed by atoms with E-state index in [1.807, 2.05) is 0 Å². The maximum atomic E-state index is 11.0. The highest BCUT2D eigenvalue weighted by Crippen LogP contribution is 2.15. The number of hydrogen-bond donors (Lipinski definition) is 2. The minimum Gasteiger partial charge on any atom is -0.383 e. The van der Waals surface area contributed by atoms with Gasteiger partial charge in [0.25, 0.3) is 5.56 Å². The molecule has 0 aromatic carbocycles. The summed E-state index contributed by atoms with van der Waals surface area (Å²) < 4.78 is 5.28. The minimum absolute atomic E-state index is 0.174. The number of ether oxygens (including phenoxy) is 1. The molecule has 2 N–H and O–H groups in total. The van der Waals surface area contributed by atoms with Gasteiger partial charge < -0.3 is 10.1 Å². The van der Waals surface area contributed by atoms with Crippen LogP contribution in [-0.2, 0) is 4.74 Å². The topological polar surface area (TPSA) is 67.0 Å². The Bertz CT molecular complexity index is 358. The van der Waals surface area contributed by atoms with E-state index >= 15 is 0 Å². The fourth-order valence-corrected chi connectivity index (χ4v) is 1.69. The average Bonchev–Trinajstić information content (AvgIpc) is 2.28. The van der Waals surface area contributed by atoms with Crippen molar-refractivity contribution in [2.75, 3.05) is 25.1 Å². The van der Waals surface area contributed by atoms with Gasteiger partial charge in [-0.15, -0.1) is 0 Å². The van der Waals surface area contributed by atoms with Crippen molar-refractivity contribution < 1.29 is 4.74 Å². The number of anilines is 1. The van der Waals surface area contributed by atoms with Crippen molar-refractivity contribution in [3.8, 4) is 0 Å². The van der Waals surface area contributed by atoms with Gasteiger partial charge in [0.15, 0.2) is 0 Å². The van der Waals surface area contributed by atoms with Gasteiger partial charge in [-0.2, -0.15) is 5.10 Å². The van der Waals surface area contributed by atoms with E-state index in [9.17, 15) is 4.79 Å². The van der Waals surface area contributed by atoms with Crippen LogP contribution in [0.5, 0.6) is 0 Å². The van der Waals surface area contributed by atoms with Crippen LogP contribution in [-0.4, -0.2) is 30.0 Å². The molecule has 0 unspecified atom stereocenters. The Morgan fingerprint density at radius 2 is 2.33 bits per heavy atom. The normalized spacial score (nSPS) is 17.6. The highest BCUT2D eigenvalue weighted by atomic mass is 16.5. The highest BCUT2D eigenvalue weighted by Gasteiger charge is 2.13. The van der Waals surface area contributed by atoms with Crippen LogP contribution in [0.3, 0.4) is 0 Å². The van der Waals surface area contributed by atoms with Gasteiger partial charge in [0.05, 0.1) is 11.9 Å². The quantitative estimate of drug-likeness (QED) is 0.765. The molecule has 1 aromatic rings. The van der Waals surface area contributed by atoms with Crippen LogP contribution in [0.2, 0.25) is 0 Å². The van der Waals surface area contributed by atoms with Crippen LogP contribution < -0.4 is 10.9 Å². The summed E-state index contributed by atoms with van der Waals surface area (Å²) in [7, 11) is 0. The van der Waals surface area contributed by atoms with Crippen LogP contribution >= 0.6 is 0 Å². The third-order valence-corrected chi connectivity index (χ3v) is 2.60. The highest BCUT2D eigenvalue weighted by molar-refractivity contribution is 5.38. The lowest BCUT2D eigenvalue weighted by Crippen LogP contribution is -2.23. The van der Waals surface area contributed by atoms with Crippen LogP contribution in [0.4, 0.5) is 5.69 Å². The molecule has 15 heavy (non-hydrogen) atoms. The average molecular weight is 209 g/mol. The second-order valence-electron chi connectivity index (χ2n) is 3.77. The van der Waals surface area contributed by atoms with E-state index in [4.69, 9.17) is 4.74 Å². The summed E-state index contributed by atoms with van der Waals surface area (Å²) in [5.41, 5.74) is 0.609. The largest absolute Gasteiger partial charge is 0.383 e. The van der Waals surface area contributed by atoms with Crippen LogP contribution in [0, 0.1) is 5.92 Å². The molecule has 0 radical (unpaired) electrons. The van der Waals surface area contributed by atoms with Gasteiger partial charge in [0.1, 0.15) is 0 Å². The SMILES string of the molecule is O=c1cc(NCC2CCOCC2)cn[nH]1. The summed E-state index contributed by atoms with van der Waals surface area (Å²) in [6.45, 7) is 2.58. The minimum atomic E-state index is -0.174. The van der Waals surface area contributed by atoms with Crippen molar-refractivity contribution in [2.24, 2.45) is 5.92 Å². The summed E-state index contributed by atoms with van der Waals surface area (Å²) in [6, 6.07) is 1.52. The number of hydrogen-bond acceptors (Lipinski definition) is 4. The number of H-pyrrole nitrogens is 1. The van der Waals surface area contributed by atoms with Gasteiger partial charge in [-0.3, -0.25) is 4.79 Å². The molecule has 0 bridgehead atoms. The number of nitrogens with one attached hydrogen (secondary N) is 2. The van der Waals surface area contributed by atoms with Crippen molar-refractivity contribution in [1.82, 2.24) is 10.2 Å². The Morgan fingerprint density at radius 3 is 3.07 bits per heavy atom. The maximum Gasteiger partial charge on any atom is 0.266 e. The van der Waals surface area contributed by atoms with E-state index < -0.39 is 0 Å².